The highest BCUT2D eigenvalue weighted by atomic mass is 16.7. The summed E-state index contributed by atoms with van der Waals surface area (Å²) in [6.07, 6.45) is 2.13. The highest BCUT2D eigenvalue weighted by Crippen LogP contribution is 2.59. The number of benzene rings is 2. The quantitative estimate of drug-likeness (QED) is 0.834. The summed E-state index contributed by atoms with van der Waals surface area (Å²) in [6, 6.07) is 7.81. The van der Waals surface area contributed by atoms with Crippen molar-refractivity contribution in [2.75, 3.05) is 27.6 Å². The fourth-order valence-corrected chi connectivity index (χ4v) is 4.93. The molecule has 2 aliphatic heterocycles. The predicted molar refractivity (Wildman–Crippen MR) is 104 cm³/mol. The molecule has 2 aromatic rings. The van der Waals surface area contributed by atoms with E-state index in [2.05, 4.69) is 5.32 Å². The third kappa shape index (κ3) is 2.04. The van der Waals surface area contributed by atoms with E-state index in [0.717, 1.165) is 46.5 Å². The zero-order chi connectivity index (χ0) is 19.5. The Bertz CT molecular complexity index is 999. The van der Waals surface area contributed by atoms with Crippen LogP contribution in [0.1, 0.15) is 35.3 Å². The van der Waals surface area contributed by atoms with Crippen molar-refractivity contribution in [1.82, 2.24) is 5.32 Å². The lowest BCUT2D eigenvalue weighted by Crippen LogP contribution is -2.49. The first kappa shape index (κ1) is 17.4. The molecule has 0 radical (unpaired) electrons. The number of ether oxygens (including phenoxy) is 4. The van der Waals surface area contributed by atoms with Crippen LogP contribution >= 0.6 is 0 Å². The molecule has 6 nitrogen and oxygen atoms in total. The summed E-state index contributed by atoms with van der Waals surface area (Å²) in [5.41, 5.74) is 4.08. The molecule has 2 N–H and O–H groups in total. The van der Waals surface area contributed by atoms with Gasteiger partial charge in [0.25, 0.3) is 0 Å². The van der Waals surface area contributed by atoms with Crippen molar-refractivity contribution in [1.29, 1.82) is 0 Å². The molecule has 0 saturated carbocycles. The average molecular weight is 381 g/mol. The first-order valence-electron chi connectivity index (χ1n) is 9.43. The molecule has 146 valence electrons. The van der Waals surface area contributed by atoms with Crippen molar-refractivity contribution in [2.24, 2.45) is 0 Å². The van der Waals surface area contributed by atoms with Gasteiger partial charge >= 0.3 is 0 Å². The lowest BCUT2D eigenvalue weighted by atomic mass is 9.75. The molecule has 0 bridgehead atoms. The van der Waals surface area contributed by atoms with Crippen LogP contribution in [-0.4, -0.2) is 32.7 Å². The van der Waals surface area contributed by atoms with Crippen molar-refractivity contribution in [2.45, 2.75) is 25.0 Å². The van der Waals surface area contributed by atoms with Gasteiger partial charge in [0.15, 0.2) is 23.0 Å². The molecule has 5 rings (SSSR count). The highest BCUT2D eigenvalue weighted by Gasteiger charge is 2.54. The molecule has 2 heterocycles. The SMILES string of the molecule is C/C=C1/c2c(ccc(OC)c2OC)[C@H](O)[C@]12NCCc1cc3c(cc12)OCO3. The number of fused-ring (bicyclic) bond motifs is 4. The molecule has 6 heteroatoms. The Kier molecular flexibility index (Phi) is 3.82. The van der Waals surface area contributed by atoms with Crippen molar-refractivity contribution < 1.29 is 24.1 Å². The minimum atomic E-state index is -0.773. The standard InChI is InChI=1S/C22H23NO5/c1-4-14-19-13(5-6-16(25-2)20(19)26-3)21(24)22(14)15-10-18-17(27-11-28-18)9-12(15)7-8-23-22/h4-6,9-10,21,23-24H,7-8,11H2,1-3H3/b14-4-/t21-,22-/m0/s1. The third-order valence-corrected chi connectivity index (χ3v) is 6.09. The van der Waals surface area contributed by atoms with Crippen LogP contribution in [0.5, 0.6) is 23.0 Å². The van der Waals surface area contributed by atoms with Crippen molar-refractivity contribution in [3.63, 3.8) is 0 Å². The number of aliphatic hydroxyl groups is 1. The number of hydrogen-bond donors (Lipinski definition) is 2. The molecule has 2 aromatic carbocycles. The minimum Gasteiger partial charge on any atom is -0.493 e. The van der Waals surface area contributed by atoms with Gasteiger partial charge in [-0.15, -0.1) is 0 Å². The Balaban J connectivity index is 1.78. The van der Waals surface area contributed by atoms with E-state index in [4.69, 9.17) is 18.9 Å². The number of methoxy groups -OCH3 is 2. The summed E-state index contributed by atoms with van der Waals surface area (Å²) in [5.74, 6) is 2.76. The van der Waals surface area contributed by atoms with Crippen LogP contribution in [0, 0.1) is 0 Å². The Labute approximate surface area is 163 Å². The number of rotatable bonds is 2. The van der Waals surface area contributed by atoms with Crippen LogP contribution < -0.4 is 24.3 Å². The van der Waals surface area contributed by atoms with Gasteiger partial charge in [0.2, 0.25) is 6.79 Å². The summed E-state index contributed by atoms with van der Waals surface area (Å²) in [7, 11) is 3.25. The van der Waals surface area contributed by atoms with E-state index < -0.39 is 11.6 Å². The van der Waals surface area contributed by atoms with Crippen molar-refractivity contribution >= 4 is 5.57 Å². The first-order chi connectivity index (χ1) is 13.7. The van der Waals surface area contributed by atoms with E-state index in [1.54, 1.807) is 14.2 Å². The zero-order valence-corrected chi connectivity index (χ0v) is 16.2. The zero-order valence-electron chi connectivity index (χ0n) is 16.2. The molecule has 3 aliphatic rings. The van der Waals surface area contributed by atoms with Crippen LogP contribution in [0.15, 0.2) is 30.3 Å². The van der Waals surface area contributed by atoms with Gasteiger partial charge in [0, 0.05) is 12.1 Å². The number of allylic oxidation sites excluding steroid dienone is 1. The summed E-state index contributed by atoms with van der Waals surface area (Å²) in [4.78, 5) is 0. The van der Waals surface area contributed by atoms with E-state index in [1.165, 1.54) is 0 Å². The van der Waals surface area contributed by atoms with E-state index in [0.29, 0.717) is 17.2 Å². The monoisotopic (exact) mass is 381 g/mol. The average Bonchev–Trinajstić information content (AvgIpc) is 3.27. The van der Waals surface area contributed by atoms with Crippen LogP contribution in [0.3, 0.4) is 0 Å². The largest absolute Gasteiger partial charge is 0.493 e. The van der Waals surface area contributed by atoms with Gasteiger partial charge in [0.05, 0.1) is 14.2 Å². The van der Waals surface area contributed by atoms with E-state index in [-0.39, 0.29) is 6.79 Å². The summed E-state index contributed by atoms with van der Waals surface area (Å²) < 4.78 is 22.4. The molecule has 0 unspecified atom stereocenters. The second-order valence-electron chi connectivity index (χ2n) is 7.22. The van der Waals surface area contributed by atoms with Gasteiger partial charge in [-0.2, -0.15) is 0 Å². The molecule has 28 heavy (non-hydrogen) atoms. The van der Waals surface area contributed by atoms with Crippen LogP contribution in [0.25, 0.3) is 5.57 Å². The van der Waals surface area contributed by atoms with E-state index >= 15 is 0 Å². The Morgan fingerprint density at radius 3 is 2.68 bits per heavy atom. The highest BCUT2D eigenvalue weighted by molar-refractivity contribution is 5.88. The normalized spacial score (nSPS) is 25.7. The second kappa shape index (κ2) is 6.15. The lowest BCUT2D eigenvalue weighted by Gasteiger charge is -2.41. The maximum atomic E-state index is 11.6. The second-order valence-corrected chi connectivity index (χ2v) is 7.22. The molecular weight excluding hydrogens is 358 g/mol. The van der Waals surface area contributed by atoms with Gasteiger partial charge in [-0.1, -0.05) is 12.1 Å². The maximum Gasteiger partial charge on any atom is 0.231 e. The minimum absolute atomic E-state index is 0.225. The molecule has 0 saturated heterocycles. The fourth-order valence-electron chi connectivity index (χ4n) is 4.93. The van der Waals surface area contributed by atoms with Crippen LogP contribution in [-0.2, 0) is 12.0 Å². The lowest BCUT2D eigenvalue weighted by molar-refractivity contribution is 0.0961. The van der Waals surface area contributed by atoms with Gasteiger partial charge in [0.1, 0.15) is 11.6 Å². The molecule has 1 spiro atoms. The smallest absolute Gasteiger partial charge is 0.231 e. The topological polar surface area (TPSA) is 69.2 Å². The predicted octanol–water partition coefficient (Wildman–Crippen LogP) is 2.92. The summed E-state index contributed by atoms with van der Waals surface area (Å²) >= 11 is 0. The molecule has 1 aliphatic carbocycles. The molecular formula is C22H23NO5. The molecule has 0 fully saturated rings. The number of hydrogen-bond acceptors (Lipinski definition) is 6. The Morgan fingerprint density at radius 2 is 1.96 bits per heavy atom. The first-order valence-corrected chi connectivity index (χ1v) is 9.43. The third-order valence-electron chi connectivity index (χ3n) is 6.09. The van der Waals surface area contributed by atoms with Crippen LogP contribution in [0.2, 0.25) is 0 Å². The number of nitrogens with one attached hydrogen (secondary N) is 1. The van der Waals surface area contributed by atoms with Gasteiger partial charge < -0.3 is 29.4 Å². The summed E-state index contributed by atoms with van der Waals surface area (Å²) in [6.45, 7) is 2.96. The fraction of sp³-hybridized carbons (Fsp3) is 0.364. The molecule has 0 aromatic heterocycles. The number of aliphatic hydroxyl groups excluding tert-OH is 1. The Hall–Kier alpha value is -2.70. The van der Waals surface area contributed by atoms with E-state index in [9.17, 15) is 5.11 Å². The maximum absolute atomic E-state index is 11.6. The van der Waals surface area contributed by atoms with Crippen molar-refractivity contribution in [3.05, 3.63) is 52.6 Å². The molecule has 0 amide bonds. The van der Waals surface area contributed by atoms with Gasteiger partial charge in [-0.25, -0.2) is 0 Å². The van der Waals surface area contributed by atoms with E-state index in [1.807, 2.05) is 37.3 Å². The Morgan fingerprint density at radius 1 is 1.18 bits per heavy atom. The summed E-state index contributed by atoms with van der Waals surface area (Å²) in [5, 5.41) is 15.2. The molecule has 2 atom stereocenters. The van der Waals surface area contributed by atoms with Gasteiger partial charge in [-0.05, 0) is 53.8 Å². The van der Waals surface area contributed by atoms with Gasteiger partial charge in [-0.3, -0.25) is 0 Å². The van der Waals surface area contributed by atoms with Crippen molar-refractivity contribution in [3.8, 4) is 23.0 Å². The van der Waals surface area contributed by atoms with Crippen LogP contribution in [0.4, 0.5) is 0 Å².